The molecule has 1 unspecified atom stereocenters. The number of hydrogen-bond acceptors (Lipinski definition) is 1. The van der Waals surface area contributed by atoms with Gasteiger partial charge in [0.05, 0.1) is 0 Å². The highest BCUT2D eigenvalue weighted by Crippen LogP contribution is 2.33. The van der Waals surface area contributed by atoms with E-state index in [-0.39, 0.29) is 16.7 Å². The summed E-state index contributed by atoms with van der Waals surface area (Å²) in [7, 11) is 0. The monoisotopic (exact) mass is 266 g/mol. The van der Waals surface area contributed by atoms with Gasteiger partial charge in [-0.05, 0) is 25.5 Å². The maximum atomic E-state index is 13.9. The molecule has 100 valence electrons. The van der Waals surface area contributed by atoms with E-state index in [1.165, 1.54) is 44.2 Å². The number of halogens is 3. The van der Waals surface area contributed by atoms with Gasteiger partial charge >= 0.3 is 0 Å². The molecule has 4 heteroatoms. The van der Waals surface area contributed by atoms with Gasteiger partial charge in [0.2, 0.25) is 0 Å². The lowest BCUT2D eigenvalue weighted by Crippen LogP contribution is -2.26. The van der Waals surface area contributed by atoms with Crippen LogP contribution in [0.3, 0.4) is 0 Å². The first-order valence-corrected chi connectivity index (χ1v) is 5.78. The van der Waals surface area contributed by atoms with E-state index in [9.17, 15) is 18.3 Å². The largest absolute Gasteiger partial charge is 0.380 e. The number of benzene rings is 2. The summed E-state index contributed by atoms with van der Waals surface area (Å²) in [5.41, 5.74) is -2.20. The Morgan fingerprint density at radius 3 is 2.16 bits per heavy atom. The number of aliphatic hydroxyl groups is 1. The molecule has 1 atom stereocenters. The lowest BCUT2D eigenvalue weighted by molar-refractivity contribution is 0.0928. The highest BCUT2D eigenvalue weighted by atomic mass is 19.2. The van der Waals surface area contributed by atoms with Gasteiger partial charge in [-0.25, -0.2) is 13.2 Å². The van der Waals surface area contributed by atoms with Crippen molar-refractivity contribution in [3.8, 4) is 0 Å². The Morgan fingerprint density at radius 2 is 1.53 bits per heavy atom. The van der Waals surface area contributed by atoms with E-state index >= 15 is 0 Å². The molecule has 0 bridgehead atoms. The first-order valence-electron chi connectivity index (χ1n) is 5.78. The molecular formula is C15H13F3O. The molecule has 0 aromatic heterocycles. The molecule has 0 spiro atoms. The first-order chi connectivity index (χ1) is 8.85. The lowest BCUT2D eigenvalue weighted by atomic mass is 9.87. The van der Waals surface area contributed by atoms with Crippen molar-refractivity contribution < 1.29 is 18.3 Å². The molecule has 0 aliphatic heterocycles. The smallest absolute Gasteiger partial charge is 0.165 e. The quantitative estimate of drug-likeness (QED) is 0.879. The van der Waals surface area contributed by atoms with Crippen molar-refractivity contribution in [3.63, 3.8) is 0 Å². The van der Waals surface area contributed by atoms with Crippen molar-refractivity contribution in [2.75, 3.05) is 0 Å². The van der Waals surface area contributed by atoms with Gasteiger partial charge in [-0.2, -0.15) is 0 Å². The van der Waals surface area contributed by atoms with E-state index in [1.807, 2.05) is 0 Å². The molecule has 0 amide bonds. The SMILES string of the molecule is Cc1ccc(C(C)(O)c2ccccc2F)c(F)c1F. The van der Waals surface area contributed by atoms with Crippen LogP contribution in [0.15, 0.2) is 36.4 Å². The molecule has 0 heterocycles. The summed E-state index contributed by atoms with van der Waals surface area (Å²) in [6, 6.07) is 8.10. The standard InChI is InChI=1S/C15H13F3O/c1-9-7-8-11(14(18)13(9)17)15(2,19)10-5-3-4-6-12(10)16/h3-8,19H,1-2H3. The third-order valence-corrected chi connectivity index (χ3v) is 3.20. The van der Waals surface area contributed by atoms with Crippen LogP contribution in [0.4, 0.5) is 13.2 Å². The Balaban J connectivity index is 2.64. The fourth-order valence-electron chi connectivity index (χ4n) is 2.02. The second-order valence-corrected chi connectivity index (χ2v) is 4.61. The molecule has 0 aliphatic carbocycles. The Bertz CT molecular complexity index is 621. The van der Waals surface area contributed by atoms with Crippen LogP contribution in [0.5, 0.6) is 0 Å². The third kappa shape index (κ3) is 2.24. The van der Waals surface area contributed by atoms with Gasteiger partial charge in [-0.15, -0.1) is 0 Å². The van der Waals surface area contributed by atoms with E-state index in [1.54, 1.807) is 0 Å². The highest BCUT2D eigenvalue weighted by Gasteiger charge is 2.32. The van der Waals surface area contributed by atoms with Crippen molar-refractivity contribution in [2.45, 2.75) is 19.4 Å². The molecule has 19 heavy (non-hydrogen) atoms. The van der Waals surface area contributed by atoms with E-state index in [2.05, 4.69) is 0 Å². The van der Waals surface area contributed by atoms with Crippen LogP contribution in [-0.2, 0) is 5.60 Å². The van der Waals surface area contributed by atoms with Crippen LogP contribution in [0.1, 0.15) is 23.6 Å². The minimum Gasteiger partial charge on any atom is -0.380 e. The van der Waals surface area contributed by atoms with Crippen molar-refractivity contribution in [3.05, 3.63) is 70.5 Å². The molecule has 0 fully saturated rings. The Labute approximate surface area is 109 Å². The van der Waals surface area contributed by atoms with E-state index in [0.717, 1.165) is 6.07 Å². The summed E-state index contributed by atoms with van der Waals surface area (Å²) in [5.74, 6) is -2.87. The van der Waals surface area contributed by atoms with E-state index < -0.39 is 23.1 Å². The summed E-state index contributed by atoms with van der Waals surface area (Å²) in [5, 5.41) is 10.4. The molecule has 2 rings (SSSR count). The van der Waals surface area contributed by atoms with Gasteiger partial charge in [0, 0.05) is 11.1 Å². The second-order valence-electron chi connectivity index (χ2n) is 4.61. The van der Waals surface area contributed by atoms with Gasteiger partial charge in [0.25, 0.3) is 0 Å². The summed E-state index contributed by atoms with van der Waals surface area (Å²) in [6.45, 7) is 2.65. The predicted molar refractivity (Wildman–Crippen MR) is 66.2 cm³/mol. The average Bonchev–Trinajstić information content (AvgIpc) is 2.36. The fraction of sp³-hybridized carbons (Fsp3) is 0.200. The van der Waals surface area contributed by atoms with Crippen molar-refractivity contribution in [1.29, 1.82) is 0 Å². The number of hydrogen-bond donors (Lipinski definition) is 1. The predicted octanol–water partition coefficient (Wildman–Crippen LogP) is 3.67. The Hall–Kier alpha value is -1.81. The summed E-state index contributed by atoms with van der Waals surface area (Å²) in [4.78, 5) is 0. The molecule has 0 saturated heterocycles. The average molecular weight is 266 g/mol. The van der Waals surface area contributed by atoms with Gasteiger partial charge in [-0.1, -0.05) is 30.3 Å². The molecule has 1 N–H and O–H groups in total. The van der Waals surface area contributed by atoms with Crippen LogP contribution in [0, 0.1) is 24.4 Å². The summed E-state index contributed by atoms with van der Waals surface area (Å²) >= 11 is 0. The van der Waals surface area contributed by atoms with Crippen LogP contribution < -0.4 is 0 Å². The van der Waals surface area contributed by atoms with Crippen LogP contribution in [0.2, 0.25) is 0 Å². The first kappa shape index (κ1) is 13.6. The summed E-state index contributed by atoms with van der Waals surface area (Å²) < 4.78 is 41.2. The van der Waals surface area contributed by atoms with E-state index in [0.29, 0.717) is 0 Å². The zero-order valence-corrected chi connectivity index (χ0v) is 10.5. The highest BCUT2D eigenvalue weighted by molar-refractivity contribution is 5.38. The van der Waals surface area contributed by atoms with Gasteiger partial charge in [0.15, 0.2) is 11.6 Å². The van der Waals surface area contributed by atoms with Gasteiger partial charge in [0.1, 0.15) is 11.4 Å². The fourth-order valence-corrected chi connectivity index (χ4v) is 2.02. The normalized spacial score (nSPS) is 14.2. The minimum absolute atomic E-state index is 0.0999. The van der Waals surface area contributed by atoms with Crippen molar-refractivity contribution >= 4 is 0 Å². The maximum Gasteiger partial charge on any atom is 0.165 e. The molecule has 0 radical (unpaired) electrons. The maximum absolute atomic E-state index is 13.9. The molecule has 0 saturated carbocycles. The molecule has 1 nitrogen and oxygen atoms in total. The van der Waals surface area contributed by atoms with Crippen molar-refractivity contribution in [1.82, 2.24) is 0 Å². The summed E-state index contributed by atoms with van der Waals surface area (Å²) in [6.07, 6.45) is 0. The molecule has 2 aromatic rings. The van der Waals surface area contributed by atoms with Crippen LogP contribution in [-0.4, -0.2) is 5.11 Å². The lowest BCUT2D eigenvalue weighted by Gasteiger charge is -2.25. The zero-order chi connectivity index (χ0) is 14.2. The molecule has 0 aliphatic rings. The number of aryl methyl sites for hydroxylation is 1. The second kappa shape index (κ2) is 4.70. The van der Waals surface area contributed by atoms with E-state index in [4.69, 9.17) is 0 Å². The zero-order valence-electron chi connectivity index (χ0n) is 10.5. The van der Waals surface area contributed by atoms with Crippen LogP contribution in [0.25, 0.3) is 0 Å². The van der Waals surface area contributed by atoms with Gasteiger partial charge in [-0.3, -0.25) is 0 Å². The Kier molecular flexibility index (Phi) is 3.37. The molecular weight excluding hydrogens is 253 g/mol. The number of rotatable bonds is 2. The molecule has 2 aromatic carbocycles. The Morgan fingerprint density at radius 1 is 0.895 bits per heavy atom. The van der Waals surface area contributed by atoms with Crippen LogP contribution >= 0.6 is 0 Å². The topological polar surface area (TPSA) is 20.2 Å². The third-order valence-electron chi connectivity index (χ3n) is 3.20. The van der Waals surface area contributed by atoms with Crippen molar-refractivity contribution in [2.24, 2.45) is 0 Å². The van der Waals surface area contributed by atoms with Gasteiger partial charge < -0.3 is 5.11 Å². The minimum atomic E-state index is -1.94.